The van der Waals surface area contributed by atoms with Gasteiger partial charge >= 0.3 is 5.97 Å². The zero-order chi connectivity index (χ0) is 15.2. The average Bonchev–Trinajstić information content (AvgIpc) is 2.90. The number of hydrogen-bond acceptors (Lipinski definition) is 5. The van der Waals surface area contributed by atoms with Gasteiger partial charge in [-0.2, -0.15) is 0 Å². The third-order valence-electron chi connectivity index (χ3n) is 2.86. The Hall–Kier alpha value is -1.95. The third kappa shape index (κ3) is 3.78. The van der Waals surface area contributed by atoms with Crippen LogP contribution in [0, 0.1) is 5.82 Å². The molecule has 0 spiro atoms. The molecule has 1 aromatic carbocycles. The first-order valence-electron chi connectivity index (χ1n) is 6.77. The maximum Gasteiger partial charge on any atom is 0.311 e. The highest BCUT2D eigenvalue weighted by molar-refractivity contribution is 7.13. The van der Waals surface area contributed by atoms with E-state index in [1.165, 1.54) is 17.4 Å². The minimum Gasteiger partial charge on any atom is -0.466 e. The molecular weight excluding hydrogens is 291 g/mol. The molecule has 0 aliphatic carbocycles. The van der Waals surface area contributed by atoms with E-state index in [4.69, 9.17) is 4.74 Å². The van der Waals surface area contributed by atoms with Crippen molar-refractivity contribution in [3.05, 3.63) is 41.2 Å². The van der Waals surface area contributed by atoms with E-state index in [9.17, 15) is 9.18 Å². The van der Waals surface area contributed by atoms with Crippen LogP contribution in [0.1, 0.15) is 19.5 Å². The van der Waals surface area contributed by atoms with Crippen LogP contribution in [0.25, 0.3) is 0 Å². The summed E-state index contributed by atoms with van der Waals surface area (Å²) in [6, 6.07) is 6.57. The number of para-hydroxylation sites is 1. The molecule has 0 aliphatic rings. The SMILES string of the molecule is CCOC(=O)Cc1csc(N(CC)c2ccccc2F)n1. The molecule has 0 bridgehead atoms. The van der Waals surface area contributed by atoms with Crippen LogP contribution in [0.3, 0.4) is 0 Å². The fraction of sp³-hybridized carbons (Fsp3) is 0.333. The molecule has 0 atom stereocenters. The van der Waals surface area contributed by atoms with Crippen LogP contribution >= 0.6 is 11.3 Å². The summed E-state index contributed by atoms with van der Waals surface area (Å²) < 4.78 is 18.8. The monoisotopic (exact) mass is 308 g/mol. The van der Waals surface area contributed by atoms with Gasteiger partial charge in [0.2, 0.25) is 0 Å². The molecule has 0 radical (unpaired) electrons. The Morgan fingerprint density at radius 3 is 2.81 bits per heavy atom. The summed E-state index contributed by atoms with van der Waals surface area (Å²) in [4.78, 5) is 17.6. The van der Waals surface area contributed by atoms with Crippen molar-refractivity contribution < 1.29 is 13.9 Å². The topological polar surface area (TPSA) is 42.4 Å². The molecule has 0 fully saturated rings. The Balaban J connectivity index is 2.19. The number of ether oxygens (including phenoxy) is 1. The number of halogens is 1. The first kappa shape index (κ1) is 15.4. The molecule has 2 aromatic rings. The lowest BCUT2D eigenvalue weighted by Gasteiger charge is -2.20. The fourth-order valence-electron chi connectivity index (χ4n) is 1.94. The zero-order valence-electron chi connectivity index (χ0n) is 12.0. The van der Waals surface area contributed by atoms with Gasteiger partial charge in [0.15, 0.2) is 5.13 Å². The van der Waals surface area contributed by atoms with Crippen molar-refractivity contribution in [1.29, 1.82) is 0 Å². The van der Waals surface area contributed by atoms with Crippen molar-refractivity contribution in [2.45, 2.75) is 20.3 Å². The van der Waals surface area contributed by atoms with E-state index in [1.807, 2.05) is 6.92 Å². The van der Waals surface area contributed by atoms with Gasteiger partial charge in [-0.3, -0.25) is 4.79 Å². The van der Waals surface area contributed by atoms with Gasteiger partial charge in [-0.05, 0) is 26.0 Å². The van der Waals surface area contributed by atoms with Crippen LogP contribution in [0.5, 0.6) is 0 Å². The van der Waals surface area contributed by atoms with Crippen LogP contribution in [0.2, 0.25) is 0 Å². The second-order valence-corrected chi connectivity index (χ2v) is 5.14. The van der Waals surface area contributed by atoms with Crippen molar-refractivity contribution in [3.63, 3.8) is 0 Å². The number of thiazole rings is 1. The van der Waals surface area contributed by atoms with Gasteiger partial charge in [0.05, 0.1) is 24.4 Å². The summed E-state index contributed by atoms with van der Waals surface area (Å²) in [5.74, 6) is -0.593. The van der Waals surface area contributed by atoms with E-state index >= 15 is 0 Å². The molecule has 112 valence electrons. The van der Waals surface area contributed by atoms with Crippen molar-refractivity contribution in [1.82, 2.24) is 4.98 Å². The minimum absolute atomic E-state index is 0.138. The van der Waals surface area contributed by atoms with E-state index in [2.05, 4.69) is 4.98 Å². The molecule has 1 heterocycles. The van der Waals surface area contributed by atoms with Crippen molar-refractivity contribution in [2.24, 2.45) is 0 Å². The van der Waals surface area contributed by atoms with Gasteiger partial charge in [0, 0.05) is 11.9 Å². The highest BCUT2D eigenvalue weighted by Gasteiger charge is 2.16. The van der Waals surface area contributed by atoms with E-state index in [0.717, 1.165) is 0 Å². The van der Waals surface area contributed by atoms with Crippen molar-refractivity contribution in [2.75, 3.05) is 18.1 Å². The molecule has 2 rings (SSSR count). The smallest absolute Gasteiger partial charge is 0.311 e. The summed E-state index contributed by atoms with van der Waals surface area (Å²) in [6.45, 7) is 4.64. The minimum atomic E-state index is -0.303. The summed E-state index contributed by atoms with van der Waals surface area (Å²) in [6.07, 6.45) is 0.138. The number of anilines is 2. The molecule has 0 saturated heterocycles. The number of benzene rings is 1. The fourth-order valence-corrected chi connectivity index (χ4v) is 2.84. The predicted molar refractivity (Wildman–Crippen MR) is 81.5 cm³/mol. The van der Waals surface area contributed by atoms with Gasteiger partial charge in [-0.25, -0.2) is 9.37 Å². The number of rotatable bonds is 6. The van der Waals surface area contributed by atoms with Crippen molar-refractivity contribution >= 4 is 28.1 Å². The third-order valence-corrected chi connectivity index (χ3v) is 3.77. The molecule has 0 amide bonds. The molecule has 1 aromatic heterocycles. The maximum absolute atomic E-state index is 13.9. The van der Waals surface area contributed by atoms with E-state index in [1.54, 1.807) is 35.4 Å². The van der Waals surface area contributed by atoms with Crippen LogP contribution in [0.4, 0.5) is 15.2 Å². The van der Waals surface area contributed by atoms with Gasteiger partial charge in [0.25, 0.3) is 0 Å². The predicted octanol–water partition coefficient (Wildman–Crippen LogP) is 3.55. The Labute approximate surface area is 127 Å². The number of carbonyl (C=O) groups excluding carboxylic acids is 1. The molecule has 6 heteroatoms. The Morgan fingerprint density at radius 1 is 1.38 bits per heavy atom. The van der Waals surface area contributed by atoms with Crippen LogP contribution < -0.4 is 4.90 Å². The first-order valence-corrected chi connectivity index (χ1v) is 7.65. The lowest BCUT2D eigenvalue weighted by atomic mass is 10.3. The van der Waals surface area contributed by atoms with E-state index in [-0.39, 0.29) is 18.2 Å². The average molecular weight is 308 g/mol. The second-order valence-electron chi connectivity index (χ2n) is 4.30. The van der Waals surface area contributed by atoms with Gasteiger partial charge < -0.3 is 9.64 Å². The molecule has 0 aliphatic heterocycles. The number of esters is 1. The number of aromatic nitrogens is 1. The molecule has 0 N–H and O–H groups in total. The Kier molecular flexibility index (Phi) is 5.27. The molecular formula is C15H17FN2O2S. The van der Waals surface area contributed by atoms with Crippen LogP contribution in [0.15, 0.2) is 29.6 Å². The molecule has 0 saturated carbocycles. The number of nitrogens with zero attached hydrogens (tertiary/aromatic N) is 2. The van der Waals surface area contributed by atoms with E-state index < -0.39 is 0 Å². The van der Waals surface area contributed by atoms with Crippen LogP contribution in [-0.2, 0) is 16.0 Å². The highest BCUT2D eigenvalue weighted by atomic mass is 32.1. The second kappa shape index (κ2) is 7.17. The molecule has 4 nitrogen and oxygen atoms in total. The molecule has 0 unspecified atom stereocenters. The largest absolute Gasteiger partial charge is 0.466 e. The Morgan fingerprint density at radius 2 is 2.14 bits per heavy atom. The van der Waals surface area contributed by atoms with E-state index in [0.29, 0.717) is 29.7 Å². The van der Waals surface area contributed by atoms with Gasteiger partial charge in [-0.15, -0.1) is 11.3 Å². The highest BCUT2D eigenvalue weighted by Crippen LogP contribution is 2.30. The zero-order valence-corrected chi connectivity index (χ0v) is 12.8. The van der Waals surface area contributed by atoms with Crippen molar-refractivity contribution in [3.8, 4) is 0 Å². The first-order chi connectivity index (χ1) is 10.2. The van der Waals surface area contributed by atoms with Crippen LogP contribution in [-0.4, -0.2) is 24.1 Å². The summed E-state index contributed by atoms with van der Waals surface area (Å²) in [5, 5.41) is 2.47. The molecule has 21 heavy (non-hydrogen) atoms. The Bertz CT molecular complexity index is 615. The lowest BCUT2D eigenvalue weighted by molar-refractivity contribution is -0.142. The maximum atomic E-state index is 13.9. The summed E-state index contributed by atoms with van der Waals surface area (Å²) in [5.41, 5.74) is 1.13. The normalized spacial score (nSPS) is 10.4. The standard InChI is InChI=1S/C15H17FN2O2S/c1-3-18(13-8-6-5-7-12(13)16)15-17-11(10-21-15)9-14(19)20-4-2/h5-8,10H,3-4,9H2,1-2H3. The summed E-state index contributed by atoms with van der Waals surface area (Å²) in [7, 11) is 0. The lowest BCUT2D eigenvalue weighted by Crippen LogP contribution is -2.17. The summed E-state index contributed by atoms with van der Waals surface area (Å²) >= 11 is 1.39. The quantitative estimate of drug-likeness (QED) is 0.765. The number of carbonyl (C=O) groups is 1. The van der Waals surface area contributed by atoms with Gasteiger partial charge in [0.1, 0.15) is 5.82 Å². The van der Waals surface area contributed by atoms with Gasteiger partial charge in [-0.1, -0.05) is 12.1 Å². The number of hydrogen-bond donors (Lipinski definition) is 0.